The maximum Gasteiger partial charge on any atom is 0.224 e. The van der Waals surface area contributed by atoms with Crippen molar-refractivity contribution in [3.05, 3.63) is 53.6 Å². The van der Waals surface area contributed by atoms with E-state index >= 15 is 0 Å². The minimum Gasteiger partial charge on any atom is -0.508 e. The number of ether oxygens (including phenoxy) is 2. The molecule has 2 aromatic rings. The van der Waals surface area contributed by atoms with Crippen molar-refractivity contribution in [3.8, 4) is 17.2 Å². The highest BCUT2D eigenvalue weighted by molar-refractivity contribution is 5.86. The molecular weight excluding hydrogens is 292 g/mol. The summed E-state index contributed by atoms with van der Waals surface area (Å²) in [7, 11) is 0. The van der Waals surface area contributed by atoms with Gasteiger partial charge in [0, 0.05) is 17.2 Å². The van der Waals surface area contributed by atoms with Crippen LogP contribution in [0, 0.1) is 0 Å². The van der Waals surface area contributed by atoms with Crippen LogP contribution in [0.5, 0.6) is 17.2 Å². The van der Waals surface area contributed by atoms with Crippen molar-refractivity contribution in [2.24, 2.45) is 0 Å². The zero-order valence-corrected chi connectivity index (χ0v) is 13.0. The number of unbranched alkanes of at least 4 members (excludes halogenated alkanes) is 1. The summed E-state index contributed by atoms with van der Waals surface area (Å²) in [5.41, 5.74) is 2.38. The van der Waals surface area contributed by atoms with Gasteiger partial charge in [0.15, 0.2) is 0 Å². The monoisotopic (exact) mass is 312 g/mol. The van der Waals surface area contributed by atoms with Crippen molar-refractivity contribution in [3.63, 3.8) is 0 Å². The lowest BCUT2D eigenvalue weighted by atomic mass is 9.99. The average molecular weight is 312 g/mol. The lowest BCUT2D eigenvalue weighted by Crippen LogP contribution is -2.21. The van der Waals surface area contributed by atoms with Crippen molar-refractivity contribution in [1.82, 2.24) is 0 Å². The molecule has 0 aromatic heterocycles. The molecule has 1 atom stereocenters. The number of phenols is 1. The van der Waals surface area contributed by atoms with Gasteiger partial charge in [0.1, 0.15) is 17.2 Å². The number of phenolic OH excluding ortho intramolecular Hbond substituents is 1. The first-order chi connectivity index (χ1) is 11.2. The Morgan fingerprint density at radius 2 is 1.91 bits per heavy atom. The van der Waals surface area contributed by atoms with Gasteiger partial charge in [0.05, 0.1) is 6.61 Å². The van der Waals surface area contributed by atoms with Crippen LogP contribution in [0.25, 0.3) is 11.6 Å². The third-order valence-corrected chi connectivity index (χ3v) is 3.77. The van der Waals surface area contributed by atoms with Crippen LogP contribution in [0.3, 0.4) is 0 Å². The van der Waals surface area contributed by atoms with Crippen LogP contribution >= 0.6 is 0 Å². The van der Waals surface area contributed by atoms with Crippen LogP contribution in [-0.2, 0) is 0 Å². The number of rotatable bonds is 5. The highest BCUT2D eigenvalue weighted by Crippen LogP contribution is 2.35. The van der Waals surface area contributed by atoms with E-state index in [2.05, 4.69) is 6.92 Å². The molecule has 2 aromatic carbocycles. The molecule has 4 nitrogen and oxygen atoms in total. The predicted molar refractivity (Wildman–Crippen MR) is 89.5 cm³/mol. The molecule has 4 heteroatoms. The normalized spacial score (nSPS) is 16.3. The second kappa shape index (κ2) is 6.75. The highest BCUT2D eigenvalue weighted by atomic mass is 16.6. The number of fused-ring (bicyclic) bond motifs is 1. The molecular formula is C19H20O4. The summed E-state index contributed by atoms with van der Waals surface area (Å²) >= 11 is 0. The number of aliphatic hydroxyl groups excluding tert-OH is 1. The van der Waals surface area contributed by atoms with Crippen LogP contribution < -0.4 is 9.47 Å². The Hall–Kier alpha value is -2.46. The molecule has 0 bridgehead atoms. The average Bonchev–Trinajstić information content (AvgIpc) is 2.55. The molecule has 0 saturated carbocycles. The van der Waals surface area contributed by atoms with Crippen molar-refractivity contribution in [1.29, 1.82) is 0 Å². The molecule has 1 unspecified atom stereocenters. The van der Waals surface area contributed by atoms with E-state index in [4.69, 9.17) is 9.47 Å². The van der Waals surface area contributed by atoms with E-state index in [-0.39, 0.29) is 5.75 Å². The molecule has 1 heterocycles. The first kappa shape index (κ1) is 15.4. The van der Waals surface area contributed by atoms with E-state index in [0.717, 1.165) is 29.7 Å². The quantitative estimate of drug-likeness (QED) is 0.824. The van der Waals surface area contributed by atoms with Gasteiger partial charge in [-0.3, -0.25) is 0 Å². The van der Waals surface area contributed by atoms with Crippen LogP contribution in [-0.4, -0.2) is 23.1 Å². The molecule has 3 rings (SSSR count). The molecule has 1 aliphatic heterocycles. The maximum absolute atomic E-state index is 10.2. The second-order valence-electron chi connectivity index (χ2n) is 5.52. The standard InChI is InChI=1S/C19H20O4/c1-2-3-10-22-16-8-5-13(6-9-16)17-11-14-4-7-15(20)12-18(14)23-19(17)21/h4-9,11-12,19-21H,2-3,10H2,1H3. The van der Waals surface area contributed by atoms with Gasteiger partial charge in [0.2, 0.25) is 6.29 Å². The smallest absolute Gasteiger partial charge is 0.224 e. The van der Waals surface area contributed by atoms with Crippen LogP contribution in [0.2, 0.25) is 0 Å². The third-order valence-electron chi connectivity index (χ3n) is 3.77. The Labute approximate surface area is 135 Å². The molecule has 23 heavy (non-hydrogen) atoms. The highest BCUT2D eigenvalue weighted by Gasteiger charge is 2.22. The summed E-state index contributed by atoms with van der Waals surface area (Å²) in [5.74, 6) is 1.40. The first-order valence-electron chi connectivity index (χ1n) is 7.80. The largest absolute Gasteiger partial charge is 0.508 e. The minimum atomic E-state index is -1.06. The Kier molecular flexibility index (Phi) is 4.53. The third kappa shape index (κ3) is 3.48. The topological polar surface area (TPSA) is 58.9 Å². The fraction of sp³-hybridized carbons (Fsp3) is 0.263. The molecule has 0 amide bonds. The molecule has 0 aliphatic carbocycles. The minimum absolute atomic E-state index is 0.112. The van der Waals surface area contributed by atoms with Gasteiger partial charge < -0.3 is 19.7 Å². The van der Waals surface area contributed by atoms with Gasteiger partial charge in [-0.25, -0.2) is 0 Å². The van der Waals surface area contributed by atoms with E-state index in [1.54, 1.807) is 12.1 Å². The summed E-state index contributed by atoms with van der Waals surface area (Å²) in [6.07, 6.45) is 2.94. The Balaban J connectivity index is 1.82. The van der Waals surface area contributed by atoms with E-state index in [0.29, 0.717) is 17.9 Å². The van der Waals surface area contributed by atoms with E-state index in [1.165, 1.54) is 6.07 Å². The number of aromatic hydroxyl groups is 1. The number of aliphatic hydroxyl groups is 1. The predicted octanol–water partition coefficient (Wildman–Crippen LogP) is 3.82. The van der Waals surface area contributed by atoms with Crippen molar-refractivity contribution in [2.75, 3.05) is 6.61 Å². The van der Waals surface area contributed by atoms with Crippen molar-refractivity contribution >= 4 is 11.6 Å². The maximum atomic E-state index is 10.2. The van der Waals surface area contributed by atoms with Gasteiger partial charge >= 0.3 is 0 Å². The van der Waals surface area contributed by atoms with Gasteiger partial charge in [0.25, 0.3) is 0 Å². The van der Waals surface area contributed by atoms with Gasteiger partial charge in [-0.2, -0.15) is 0 Å². The summed E-state index contributed by atoms with van der Waals surface area (Å²) in [5, 5.41) is 19.7. The summed E-state index contributed by atoms with van der Waals surface area (Å²) in [4.78, 5) is 0. The van der Waals surface area contributed by atoms with Gasteiger partial charge in [-0.15, -0.1) is 0 Å². The van der Waals surface area contributed by atoms with Crippen LogP contribution in [0.4, 0.5) is 0 Å². The molecule has 1 aliphatic rings. The second-order valence-corrected chi connectivity index (χ2v) is 5.52. The van der Waals surface area contributed by atoms with E-state index in [9.17, 15) is 10.2 Å². The summed E-state index contributed by atoms with van der Waals surface area (Å²) < 4.78 is 11.1. The SMILES string of the molecule is CCCCOc1ccc(C2=Cc3ccc(O)cc3OC2O)cc1. The molecule has 0 saturated heterocycles. The number of benzene rings is 2. The molecule has 0 spiro atoms. The Bertz CT molecular complexity index is 704. The van der Waals surface area contributed by atoms with E-state index in [1.807, 2.05) is 30.3 Å². The summed E-state index contributed by atoms with van der Waals surface area (Å²) in [6, 6.07) is 12.5. The Morgan fingerprint density at radius 1 is 1.13 bits per heavy atom. The van der Waals surface area contributed by atoms with Gasteiger partial charge in [-0.05, 0) is 42.3 Å². The fourth-order valence-electron chi connectivity index (χ4n) is 2.47. The van der Waals surface area contributed by atoms with E-state index < -0.39 is 6.29 Å². The lowest BCUT2D eigenvalue weighted by molar-refractivity contribution is 0.0318. The first-order valence-corrected chi connectivity index (χ1v) is 7.80. The van der Waals surface area contributed by atoms with Crippen LogP contribution in [0.15, 0.2) is 42.5 Å². The zero-order valence-electron chi connectivity index (χ0n) is 13.0. The van der Waals surface area contributed by atoms with Crippen LogP contribution in [0.1, 0.15) is 30.9 Å². The fourth-order valence-corrected chi connectivity index (χ4v) is 2.47. The zero-order chi connectivity index (χ0) is 16.2. The number of hydrogen-bond acceptors (Lipinski definition) is 4. The molecule has 120 valence electrons. The van der Waals surface area contributed by atoms with Gasteiger partial charge in [-0.1, -0.05) is 25.5 Å². The molecule has 0 radical (unpaired) electrons. The molecule has 2 N–H and O–H groups in total. The van der Waals surface area contributed by atoms with Crippen molar-refractivity contribution in [2.45, 2.75) is 26.1 Å². The Morgan fingerprint density at radius 3 is 2.65 bits per heavy atom. The summed E-state index contributed by atoms with van der Waals surface area (Å²) in [6.45, 7) is 2.84. The number of hydrogen-bond donors (Lipinski definition) is 2. The lowest BCUT2D eigenvalue weighted by Gasteiger charge is -2.23. The van der Waals surface area contributed by atoms with Crippen molar-refractivity contribution < 1.29 is 19.7 Å². The molecule has 0 fully saturated rings.